The third kappa shape index (κ3) is 3.71. The minimum Gasteiger partial charge on any atom is -0.303 e. The molecule has 0 bridgehead atoms. The second kappa shape index (κ2) is 5.53. The Morgan fingerprint density at radius 1 is 1.36 bits per heavy atom. The molecule has 1 aliphatic heterocycles. The van der Waals surface area contributed by atoms with E-state index in [1.54, 1.807) is 0 Å². The topological polar surface area (TPSA) is 3.24 Å². The maximum absolute atomic E-state index is 12.8. The van der Waals surface area contributed by atoms with Crippen LogP contribution in [0.5, 0.6) is 0 Å². The normalized spacial score (nSPS) is 32.5. The Kier molecular flexibility index (Phi) is 5.47. The molecule has 1 nitrogen and oxygen atoms in total. The summed E-state index contributed by atoms with van der Waals surface area (Å²) in [6.45, 7) is 7.67. The summed E-state index contributed by atoms with van der Waals surface area (Å²) in [5, 5.41) is 0. The number of rotatable bonds is 0. The van der Waals surface area contributed by atoms with Gasteiger partial charge in [-0.1, -0.05) is 20.8 Å². The third-order valence-electron chi connectivity index (χ3n) is 2.07. The first-order chi connectivity index (χ1) is 5.20. The van der Waals surface area contributed by atoms with E-state index < -0.39 is 6.17 Å². The Bertz CT molecular complexity index is 95.6. The molecule has 0 aromatic heterocycles. The molecule has 2 heteroatoms. The zero-order chi connectivity index (χ0) is 8.85. The number of piperidine rings is 1. The molecule has 68 valence electrons. The van der Waals surface area contributed by atoms with Gasteiger partial charge in [0, 0.05) is 6.54 Å². The molecule has 0 aliphatic carbocycles. The molecule has 2 unspecified atom stereocenters. The molecule has 1 aliphatic rings. The zero-order valence-corrected chi connectivity index (χ0v) is 8.10. The van der Waals surface area contributed by atoms with Crippen molar-refractivity contribution in [2.45, 2.75) is 33.4 Å². The molecule has 1 heterocycles. The van der Waals surface area contributed by atoms with E-state index in [9.17, 15) is 4.39 Å². The van der Waals surface area contributed by atoms with Gasteiger partial charge in [0.1, 0.15) is 6.17 Å². The minimum atomic E-state index is -0.594. The maximum atomic E-state index is 12.8. The Balaban J connectivity index is 0.000000461. The van der Waals surface area contributed by atoms with Crippen molar-refractivity contribution >= 4 is 0 Å². The number of hydrogen-bond donors (Lipinski definition) is 0. The molecule has 0 spiro atoms. The average Bonchev–Trinajstić information content (AvgIpc) is 2.02. The number of nitrogens with zero attached hydrogens (tertiary/aromatic N) is 1. The average molecular weight is 161 g/mol. The fourth-order valence-electron chi connectivity index (χ4n) is 1.17. The molecule has 0 aromatic carbocycles. The maximum Gasteiger partial charge on any atom is 0.115 e. The smallest absolute Gasteiger partial charge is 0.115 e. The molecule has 0 radical (unpaired) electrons. The van der Waals surface area contributed by atoms with Crippen molar-refractivity contribution in [3.05, 3.63) is 0 Å². The number of halogens is 1. The summed E-state index contributed by atoms with van der Waals surface area (Å²) in [6, 6.07) is 0. The van der Waals surface area contributed by atoms with Crippen LogP contribution in [0, 0.1) is 5.92 Å². The fraction of sp³-hybridized carbons (Fsp3) is 1.00. The molecular weight excluding hydrogens is 141 g/mol. The van der Waals surface area contributed by atoms with Crippen LogP contribution >= 0.6 is 0 Å². The molecule has 1 rings (SSSR count). The lowest BCUT2D eigenvalue weighted by atomic mass is 9.98. The van der Waals surface area contributed by atoms with E-state index in [0.717, 1.165) is 13.0 Å². The second-order valence-electron chi connectivity index (χ2n) is 3.04. The van der Waals surface area contributed by atoms with Gasteiger partial charge in [0.25, 0.3) is 0 Å². The highest BCUT2D eigenvalue weighted by atomic mass is 19.1. The van der Waals surface area contributed by atoms with Crippen molar-refractivity contribution in [1.29, 1.82) is 0 Å². The summed E-state index contributed by atoms with van der Waals surface area (Å²) < 4.78 is 12.8. The lowest BCUT2D eigenvalue weighted by Crippen LogP contribution is -2.38. The SMILES string of the molecule is CC.CC1CCN(C)CC1F. The summed E-state index contributed by atoms with van der Waals surface area (Å²) in [4.78, 5) is 2.05. The first kappa shape index (κ1) is 10.9. The van der Waals surface area contributed by atoms with Crippen molar-refractivity contribution in [2.75, 3.05) is 20.1 Å². The molecule has 0 aromatic rings. The number of hydrogen-bond acceptors (Lipinski definition) is 1. The van der Waals surface area contributed by atoms with E-state index in [1.807, 2.05) is 32.7 Å². The van der Waals surface area contributed by atoms with Crippen LogP contribution in [0.15, 0.2) is 0 Å². The van der Waals surface area contributed by atoms with Crippen LogP contribution in [-0.2, 0) is 0 Å². The summed E-state index contributed by atoms with van der Waals surface area (Å²) in [5.41, 5.74) is 0. The molecular formula is C9H20FN. The van der Waals surface area contributed by atoms with Gasteiger partial charge in [-0.3, -0.25) is 0 Å². The first-order valence-electron chi connectivity index (χ1n) is 4.53. The molecule has 0 N–H and O–H groups in total. The highest BCUT2D eigenvalue weighted by Crippen LogP contribution is 2.17. The van der Waals surface area contributed by atoms with E-state index in [1.165, 1.54) is 0 Å². The fourth-order valence-corrected chi connectivity index (χ4v) is 1.17. The predicted octanol–water partition coefficient (Wildman–Crippen LogP) is 2.32. The Morgan fingerprint density at radius 3 is 2.27 bits per heavy atom. The van der Waals surface area contributed by atoms with Crippen LogP contribution in [0.2, 0.25) is 0 Å². The zero-order valence-electron chi connectivity index (χ0n) is 8.10. The van der Waals surface area contributed by atoms with Gasteiger partial charge in [-0.15, -0.1) is 0 Å². The summed E-state index contributed by atoms with van der Waals surface area (Å²) in [6.07, 6.45) is 0.418. The van der Waals surface area contributed by atoms with Crippen molar-refractivity contribution in [2.24, 2.45) is 5.92 Å². The Morgan fingerprint density at radius 2 is 1.91 bits per heavy atom. The van der Waals surface area contributed by atoms with Gasteiger partial charge < -0.3 is 4.90 Å². The lowest BCUT2D eigenvalue weighted by Gasteiger charge is -2.29. The van der Waals surface area contributed by atoms with Gasteiger partial charge in [0.2, 0.25) is 0 Å². The van der Waals surface area contributed by atoms with E-state index in [2.05, 4.69) is 0 Å². The quantitative estimate of drug-likeness (QED) is 0.527. The van der Waals surface area contributed by atoms with Crippen molar-refractivity contribution in [1.82, 2.24) is 4.90 Å². The minimum absolute atomic E-state index is 0.279. The van der Waals surface area contributed by atoms with Crippen molar-refractivity contribution in [3.63, 3.8) is 0 Å². The van der Waals surface area contributed by atoms with Gasteiger partial charge in [-0.25, -0.2) is 4.39 Å². The molecule has 1 saturated heterocycles. The summed E-state index contributed by atoms with van der Waals surface area (Å²) >= 11 is 0. The van der Waals surface area contributed by atoms with E-state index in [0.29, 0.717) is 6.54 Å². The summed E-state index contributed by atoms with van der Waals surface area (Å²) in [5.74, 6) is 0.279. The van der Waals surface area contributed by atoms with E-state index in [-0.39, 0.29) is 5.92 Å². The van der Waals surface area contributed by atoms with Crippen LogP contribution < -0.4 is 0 Å². The standard InChI is InChI=1S/C7H14FN.C2H6/c1-6-3-4-9(2)5-7(6)8;1-2/h6-7H,3-5H2,1-2H3;1-2H3. The van der Waals surface area contributed by atoms with Crippen LogP contribution in [0.3, 0.4) is 0 Å². The van der Waals surface area contributed by atoms with Crippen LogP contribution in [-0.4, -0.2) is 31.2 Å². The third-order valence-corrected chi connectivity index (χ3v) is 2.07. The molecule has 11 heavy (non-hydrogen) atoms. The molecule has 0 amide bonds. The number of alkyl halides is 1. The van der Waals surface area contributed by atoms with Gasteiger partial charge >= 0.3 is 0 Å². The highest BCUT2D eigenvalue weighted by Gasteiger charge is 2.22. The number of likely N-dealkylation sites (tertiary alicyclic amines) is 1. The highest BCUT2D eigenvalue weighted by molar-refractivity contribution is 4.74. The van der Waals surface area contributed by atoms with E-state index in [4.69, 9.17) is 0 Å². The van der Waals surface area contributed by atoms with Crippen molar-refractivity contribution < 1.29 is 4.39 Å². The van der Waals surface area contributed by atoms with Gasteiger partial charge in [-0.05, 0) is 25.9 Å². The van der Waals surface area contributed by atoms with Gasteiger partial charge in [0.15, 0.2) is 0 Å². The summed E-state index contributed by atoms with van der Waals surface area (Å²) in [7, 11) is 1.97. The van der Waals surface area contributed by atoms with Crippen LogP contribution in [0.25, 0.3) is 0 Å². The Labute approximate surface area is 69.6 Å². The van der Waals surface area contributed by atoms with Gasteiger partial charge in [-0.2, -0.15) is 0 Å². The monoisotopic (exact) mass is 161 g/mol. The largest absolute Gasteiger partial charge is 0.303 e. The Hall–Kier alpha value is -0.110. The first-order valence-corrected chi connectivity index (χ1v) is 4.53. The lowest BCUT2D eigenvalue weighted by molar-refractivity contribution is 0.112. The predicted molar refractivity (Wildman–Crippen MR) is 47.5 cm³/mol. The van der Waals surface area contributed by atoms with Gasteiger partial charge in [0.05, 0.1) is 0 Å². The second-order valence-corrected chi connectivity index (χ2v) is 3.04. The molecule has 0 saturated carbocycles. The van der Waals surface area contributed by atoms with Crippen LogP contribution in [0.4, 0.5) is 4.39 Å². The molecule has 2 atom stereocenters. The molecule has 1 fully saturated rings. The van der Waals surface area contributed by atoms with Crippen LogP contribution in [0.1, 0.15) is 27.2 Å². The van der Waals surface area contributed by atoms with E-state index >= 15 is 0 Å². The van der Waals surface area contributed by atoms with Crippen molar-refractivity contribution in [3.8, 4) is 0 Å².